The van der Waals surface area contributed by atoms with E-state index in [4.69, 9.17) is 11.6 Å². The quantitative estimate of drug-likeness (QED) is 0.677. The van der Waals surface area contributed by atoms with E-state index in [-0.39, 0.29) is 5.91 Å². The largest absolute Gasteiger partial charge is 0.271 e. The maximum Gasteiger partial charge on any atom is 0.271 e. The molecule has 19 heavy (non-hydrogen) atoms. The Morgan fingerprint density at radius 1 is 1.21 bits per heavy atom. The summed E-state index contributed by atoms with van der Waals surface area (Å²) in [5, 5.41) is 4.70. The van der Waals surface area contributed by atoms with Crippen LogP contribution in [0.15, 0.2) is 41.5 Å². The van der Waals surface area contributed by atoms with Gasteiger partial charge in [0.1, 0.15) is 0 Å². The molecule has 98 valence electrons. The predicted octanol–water partition coefficient (Wildman–Crippen LogP) is 3.86. The fraction of sp³-hybridized carbons (Fsp3) is 0.143. The Morgan fingerprint density at radius 3 is 2.47 bits per heavy atom. The van der Waals surface area contributed by atoms with E-state index in [1.54, 1.807) is 35.6 Å². The van der Waals surface area contributed by atoms with Gasteiger partial charge in [-0.1, -0.05) is 11.6 Å². The molecule has 0 bridgehead atoms. The van der Waals surface area contributed by atoms with Gasteiger partial charge >= 0.3 is 0 Å². The van der Waals surface area contributed by atoms with E-state index in [1.807, 2.05) is 26.0 Å². The number of hydrogen-bond donors (Lipinski definition) is 1. The molecule has 3 nitrogen and oxygen atoms in total. The van der Waals surface area contributed by atoms with Gasteiger partial charge in [0.15, 0.2) is 0 Å². The summed E-state index contributed by atoms with van der Waals surface area (Å²) in [6, 6.07) is 10.7. The first-order valence-corrected chi connectivity index (χ1v) is 6.93. The average molecular weight is 293 g/mol. The Morgan fingerprint density at radius 2 is 1.89 bits per heavy atom. The van der Waals surface area contributed by atoms with Crippen molar-refractivity contribution in [3.05, 3.63) is 56.7 Å². The van der Waals surface area contributed by atoms with Crippen LogP contribution in [-0.4, -0.2) is 11.6 Å². The summed E-state index contributed by atoms with van der Waals surface area (Å²) < 4.78 is 0. The Bertz CT molecular complexity index is 617. The Kier molecular flexibility index (Phi) is 4.35. The van der Waals surface area contributed by atoms with Crippen LogP contribution in [0.4, 0.5) is 0 Å². The van der Waals surface area contributed by atoms with Gasteiger partial charge in [0.25, 0.3) is 5.91 Å². The molecule has 1 amide bonds. The molecule has 0 aliphatic rings. The van der Waals surface area contributed by atoms with Gasteiger partial charge in [-0.3, -0.25) is 4.79 Å². The van der Waals surface area contributed by atoms with Crippen molar-refractivity contribution in [3.63, 3.8) is 0 Å². The fourth-order valence-electron chi connectivity index (χ4n) is 1.48. The number of nitrogens with one attached hydrogen (secondary N) is 1. The molecule has 1 N–H and O–H groups in total. The van der Waals surface area contributed by atoms with Crippen LogP contribution < -0.4 is 5.43 Å². The van der Waals surface area contributed by atoms with Crippen molar-refractivity contribution in [1.29, 1.82) is 0 Å². The summed E-state index contributed by atoms with van der Waals surface area (Å²) in [6.45, 7) is 3.90. The Labute approximate surface area is 120 Å². The number of aryl methyl sites for hydroxylation is 1. The summed E-state index contributed by atoms with van der Waals surface area (Å²) in [5.74, 6) is -0.246. The highest BCUT2D eigenvalue weighted by Crippen LogP contribution is 2.15. The van der Waals surface area contributed by atoms with Crippen molar-refractivity contribution in [2.45, 2.75) is 13.8 Å². The van der Waals surface area contributed by atoms with Gasteiger partial charge in [-0.25, -0.2) is 5.43 Å². The molecule has 0 saturated heterocycles. The van der Waals surface area contributed by atoms with Crippen molar-refractivity contribution < 1.29 is 4.79 Å². The number of amides is 1. The van der Waals surface area contributed by atoms with Crippen molar-refractivity contribution in [2.75, 3.05) is 0 Å². The van der Waals surface area contributed by atoms with Crippen molar-refractivity contribution in [1.82, 2.24) is 5.43 Å². The molecule has 0 spiro atoms. The molecular weight excluding hydrogens is 280 g/mol. The molecule has 0 unspecified atom stereocenters. The van der Waals surface area contributed by atoms with Crippen LogP contribution in [0.25, 0.3) is 0 Å². The highest BCUT2D eigenvalue weighted by atomic mass is 35.5. The monoisotopic (exact) mass is 292 g/mol. The molecule has 0 fully saturated rings. The van der Waals surface area contributed by atoms with Crippen LogP contribution >= 0.6 is 22.9 Å². The molecule has 1 aromatic carbocycles. The number of hydrogen-bond acceptors (Lipinski definition) is 3. The summed E-state index contributed by atoms with van der Waals surface area (Å²) in [4.78, 5) is 14.1. The molecule has 0 aliphatic carbocycles. The van der Waals surface area contributed by atoms with Crippen LogP contribution in [0, 0.1) is 6.92 Å². The second-order valence-electron chi connectivity index (χ2n) is 4.06. The Hall–Kier alpha value is -1.65. The minimum Gasteiger partial charge on any atom is -0.267 e. The third-order valence-corrected chi connectivity index (χ3v) is 3.89. The van der Waals surface area contributed by atoms with Gasteiger partial charge in [-0.05, 0) is 50.2 Å². The lowest BCUT2D eigenvalue weighted by Gasteiger charge is -2.01. The van der Waals surface area contributed by atoms with E-state index in [1.165, 1.54) is 4.88 Å². The van der Waals surface area contributed by atoms with Gasteiger partial charge < -0.3 is 0 Å². The van der Waals surface area contributed by atoms with Gasteiger partial charge in [-0.15, -0.1) is 11.3 Å². The number of halogens is 1. The van der Waals surface area contributed by atoms with E-state index in [0.717, 1.165) is 10.6 Å². The lowest BCUT2D eigenvalue weighted by molar-refractivity contribution is 0.0955. The van der Waals surface area contributed by atoms with Gasteiger partial charge in [-0.2, -0.15) is 5.10 Å². The zero-order valence-electron chi connectivity index (χ0n) is 10.6. The highest BCUT2D eigenvalue weighted by molar-refractivity contribution is 7.14. The smallest absolute Gasteiger partial charge is 0.267 e. The first-order chi connectivity index (χ1) is 9.06. The minimum atomic E-state index is -0.246. The van der Waals surface area contributed by atoms with Crippen molar-refractivity contribution in [3.8, 4) is 0 Å². The number of nitrogens with zero attached hydrogens (tertiary/aromatic N) is 1. The number of rotatable bonds is 3. The standard InChI is InChI=1S/C14H13ClN2OS/c1-9-3-8-13(19-9)10(2)16-17-14(18)11-4-6-12(15)7-5-11/h3-8H,1-2H3,(H,17,18). The van der Waals surface area contributed by atoms with Crippen LogP contribution in [0.3, 0.4) is 0 Å². The molecule has 0 radical (unpaired) electrons. The highest BCUT2D eigenvalue weighted by Gasteiger charge is 2.05. The van der Waals surface area contributed by atoms with Crippen LogP contribution in [0.2, 0.25) is 5.02 Å². The van der Waals surface area contributed by atoms with E-state index < -0.39 is 0 Å². The van der Waals surface area contributed by atoms with Gasteiger partial charge in [0.2, 0.25) is 0 Å². The second kappa shape index (κ2) is 5.99. The number of carbonyl (C=O) groups is 1. The number of thiophene rings is 1. The van der Waals surface area contributed by atoms with Crippen LogP contribution in [0.1, 0.15) is 27.0 Å². The predicted molar refractivity (Wildman–Crippen MR) is 80.2 cm³/mol. The molecular formula is C14H13ClN2OS. The summed E-state index contributed by atoms with van der Waals surface area (Å²) in [5.41, 5.74) is 3.86. The lowest BCUT2D eigenvalue weighted by atomic mass is 10.2. The van der Waals surface area contributed by atoms with Crippen molar-refractivity contribution in [2.24, 2.45) is 5.10 Å². The maximum absolute atomic E-state index is 11.8. The Balaban J connectivity index is 2.05. The molecule has 0 aliphatic heterocycles. The van der Waals surface area contributed by atoms with Crippen LogP contribution in [-0.2, 0) is 0 Å². The molecule has 0 saturated carbocycles. The first-order valence-electron chi connectivity index (χ1n) is 5.73. The van der Waals surface area contributed by atoms with E-state index in [2.05, 4.69) is 10.5 Å². The number of benzene rings is 1. The number of carbonyl (C=O) groups excluding carboxylic acids is 1. The first kappa shape index (κ1) is 13.8. The van der Waals surface area contributed by atoms with Crippen molar-refractivity contribution >= 4 is 34.6 Å². The zero-order chi connectivity index (χ0) is 13.8. The second-order valence-corrected chi connectivity index (χ2v) is 5.78. The molecule has 1 aromatic heterocycles. The summed E-state index contributed by atoms with van der Waals surface area (Å²) >= 11 is 7.41. The minimum absolute atomic E-state index is 0.246. The third-order valence-electron chi connectivity index (χ3n) is 2.53. The molecule has 2 aromatic rings. The van der Waals surface area contributed by atoms with Gasteiger partial charge in [0, 0.05) is 15.5 Å². The van der Waals surface area contributed by atoms with E-state index in [0.29, 0.717) is 10.6 Å². The van der Waals surface area contributed by atoms with Crippen LogP contribution in [0.5, 0.6) is 0 Å². The molecule has 5 heteroatoms. The summed E-state index contributed by atoms with van der Waals surface area (Å²) in [6.07, 6.45) is 0. The zero-order valence-corrected chi connectivity index (χ0v) is 12.2. The maximum atomic E-state index is 11.8. The summed E-state index contributed by atoms with van der Waals surface area (Å²) in [7, 11) is 0. The molecule has 2 rings (SSSR count). The van der Waals surface area contributed by atoms with E-state index >= 15 is 0 Å². The van der Waals surface area contributed by atoms with Gasteiger partial charge in [0.05, 0.1) is 10.6 Å². The van der Waals surface area contributed by atoms with E-state index in [9.17, 15) is 4.79 Å². The number of hydrazone groups is 1. The topological polar surface area (TPSA) is 41.5 Å². The molecule has 0 atom stereocenters. The SMILES string of the molecule is CC(=NNC(=O)c1ccc(Cl)cc1)c1ccc(C)s1. The lowest BCUT2D eigenvalue weighted by Crippen LogP contribution is -2.18. The normalized spacial score (nSPS) is 11.4. The fourth-order valence-corrected chi connectivity index (χ4v) is 2.42. The molecule has 1 heterocycles. The third kappa shape index (κ3) is 3.66. The average Bonchev–Trinajstić information content (AvgIpc) is 2.83.